The molecule has 3 aliphatic rings. The Balaban J connectivity index is 0.00000168. The first-order valence-corrected chi connectivity index (χ1v) is 9.21. The van der Waals surface area contributed by atoms with E-state index in [1.54, 1.807) is 6.20 Å². The summed E-state index contributed by atoms with van der Waals surface area (Å²) in [4.78, 5) is 12.0. The number of fused-ring (bicyclic) bond motifs is 4. The standard InChI is InChI=1S/C19H20ClN5.CH4/c20-13-4-7-16(22-9-13)19-17(25-8-2-1-3-18(25)23-19)12-24-11-14-5-6-15(24)10-21-14;/h1-4,7-9,14-15,21H,5-6,10-12H2;1H4. The summed E-state index contributed by atoms with van der Waals surface area (Å²) in [5.74, 6) is 0. The second-order valence-corrected chi connectivity index (χ2v) is 7.40. The largest absolute Gasteiger partial charge is 0.311 e. The lowest BCUT2D eigenvalue weighted by molar-refractivity contribution is 0.0674. The predicted molar refractivity (Wildman–Crippen MR) is 105 cm³/mol. The lowest BCUT2D eigenvalue weighted by atomic mass is 9.93. The van der Waals surface area contributed by atoms with E-state index in [1.807, 2.05) is 24.3 Å². The Kier molecular flexibility index (Phi) is 4.69. The molecule has 6 rings (SSSR count). The molecule has 0 spiro atoms. The Morgan fingerprint density at radius 2 is 2.12 bits per heavy atom. The number of imidazole rings is 1. The number of aromatic nitrogens is 3. The summed E-state index contributed by atoms with van der Waals surface area (Å²) in [7, 11) is 0. The van der Waals surface area contributed by atoms with Gasteiger partial charge in [-0.2, -0.15) is 0 Å². The van der Waals surface area contributed by atoms with Gasteiger partial charge in [-0.15, -0.1) is 0 Å². The van der Waals surface area contributed by atoms with Gasteiger partial charge in [0.05, 0.1) is 16.4 Å². The van der Waals surface area contributed by atoms with Crippen molar-refractivity contribution in [3.63, 3.8) is 0 Å². The van der Waals surface area contributed by atoms with Gasteiger partial charge < -0.3 is 9.72 Å². The van der Waals surface area contributed by atoms with Crippen molar-refractivity contribution in [1.29, 1.82) is 0 Å². The maximum absolute atomic E-state index is 6.01. The Bertz CT molecular complexity index is 896. The minimum absolute atomic E-state index is 0. The SMILES string of the molecule is C.Clc1ccc(-c2nc3ccccn3c2CN2CC3CCC2CN3)nc1. The van der Waals surface area contributed by atoms with E-state index in [0.717, 1.165) is 36.7 Å². The van der Waals surface area contributed by atoms with Gasteiger partial charge in [-0.1, -0.05) is 25.1 Å². The third-order valence-electron chi connectivity index (χ3n) is 5.41. The van der Waals surface area contributed by atoms with Crippen LogP contribution < -0.4 is 5.32 Å². The van der Waals surface area contributed by atoms with Crippen LogP contribution in [0.2, 0.25) is 5.02 Å². The molecule has 136 valence electrons. The first-order chi connectivity index (χ1) is 12.3. The van der Waals surface area contributed by atoms with Gasteiger partial charge in [-0.3, -0.25) is 9.88 Å². The molecule has 0 saturated carbocycles. The highest BCUT2D eigenvalue weighted by atomic mass is 35.5. The number of pyridine rings is 2. The van der Waals surface area contributed by atoms with Gasteiger partial charge >= 0.3 is 0 Å². The van der Waals surface area contributed by atoms with Crippen molar-refractivity contribution >= 4 is 17.2 Å². The maximum Gasteiger partial charge on any atom is 0.137 e. The summed E-state index contributed by atoms with van der Waals surface area (Å²) in [6, 6.07) is 11.2. The molecule has 2 bridgehead atoms. The first-order valence-electron chi connectivity index (χ1n) is 8.83. The molecule has 0 aromatic carbocycles. The van der Waals surface area contributed by atoms with Gasteiger partial charge in [0.1, 0.15) is 11.3 Å². The van der Waals surface area contributed by atoms with Crippen molar-refractivity contribution in [2.75, 3.05) is 13.1 Å². The second kappa shape index (κ2) is 6.99. The van der Waals surface area contributed by atoms with E-state index in [9.17, 15) is 0 Å². The van der Waals surface area contributed by atoms with Gasteiger partial charge in [-0.25, -0.2) is 4.98 Å². The topological polar surface area (TPSA) is 45.5 Å². The number of piperidine rings is 2. The first kappa shape index (κ1) is 17.5. The Morgan fingerprint density at radius 1 is 1.19 bits per heavy atom. The van der Waals surface area contributed by atoms with Crippen LogP contribution in [0.25, 0.3) is 17.0 Å². The molecule has 3 aromatic heterocycles. The average molecular weight is 370 g/mol. The maximum atomic E-state index is 6.01. The molecule has 0 radical (unpaired) electrons. The quantitative estimate of drug-likeness (QED) is 0.765. The molecule has 2 unspecified atom stereocenters. The van der Waals surface area contributed by atoms with Crippen LogP contribution in [0.4, 0.5) is 0 Å². The van der Waals surface area contributed by atoms with Crippen molar-refractivity contribution in [1.82, 2.24) is 24.6 Å². The molecule has 26 heavy (non-hydrogen) atoms. The third kappa shape index (κ3) is 3.00. The molecular weight excluding hydrogens is 346 g/mol. The van der Waals surface area contributed by atoms with Crippen LogP contribution in [-0.2, 0) is 6.54 Å². The van der Waals surface area contributed by atoms with E-state index in [0.29, 0.717) is 17.1 Å². The lowest BCUT2D eigenvalue weighted by Gasteiger charge is -2.45. The average Bonchev–Trinajstić information content (AvgIpc) is 3.02. The highest BCUT2D eigenvalue weighted by molar-refractivity contribution is 6.30. The molecule has 2 atom stereocenters. The van der Waals surface area contributed by atoms with Crippen molar-refractivity contribution < 1.29 is 0 Å². The molecule has 3 fully saturated rings. The molecule has 3 aromatic rings. The van der Waals surface area contributed by atoms with E-state index in [-0.39, 0.29) is 7.43 Å². The number of hydrogen-bond donors (Lipinski definition) is 1. The van der Waals surface area contributed by atoms with Crippen LogP contribution in [0, 0.1) is 0 Å². The van der Waals surface area contributed by atoms with Crippen molar-refractivity contribution in [2.24, 2.45) is 0 Å². The molecule has 6 heteroatoms. The van der Waals surface area contributed by atoms with Crippen LogP contribution in [0.1, 0.15) is 26.0 Å². The van der Waals surface area contributed by atoms with Gasteiger partial charge in [0.15, 0.2) is 0 Å². The van der Waals surface area contributed by atoms with E-state index in [4.69, 9.17) is 16.6 Å². The minimum Gasteiger partial charge on any atom is -0.311 e. The molecular formula is C20H24ClN5. The number of rotatable bonds is 3. The van der Waals surface area contributed by atoms with Crippen LogP contribution in [0.3, 0.4) is 0 Å². The van der Waals surface area contributed by atoms with Crippen LogP contribution >= 0.6 is 11.6 Å². The van der Waals surface area contributed by atoms with Gasteiger partial charge in [0.25, 0.3) is 0 Å². The molecule has 3 saturated heterocycles. The molecule has 3 aliphatic heterocycles. The third-order valence-corrected chi connectivity index (χ3v) is 5.64. The van der Waals surface area contributed by atoms with E-state index < -0.39 is 0 Å². The number of hydrogen-bond acceptors (Lipinski definition) is 4. The Morgan fingerprint density at radius 3 is 2.81 bits per heavy atom. The highest BCUT2D eigenvalue weighted by Crippen LogP contribution is 2.29. The van der Waals surface area contributed by atoms with Crippen molar-refractivity contribution in [2.45, 2.75) is 38.9 Å². The van der Waals surface area contributed by atoms with Gasteiger partial charge in [0.2, 0.25) is 0 Å². The van der Waals surface area contributed by atoms with Crippen molar-refractivity contribution in [3.05, 3.63) is 53.4 Å². The van der Waals surface area contributed by atoms with Crippen LogP contribution in [-0.4, -0.2) is 44.4 Å². The Hall–Kier alpha value is -1.95. The molecule has 5 nitrogen and oxygen atoms in total. The monoisotopic (exact) mass is 369 g/mol. The summed E-state index contributed by atoms with van der Waals surface area (Å²) in [5.41, 5.74) is 4.00. The molecule has 0 amide bonds. The smallest absolute Gasteiger partial charge is 0.137 e. The number of nitrogens with zero attached hydrogens (tertiary/aromatic N) is 4. The molecule has 6 heterocycles. The zero-order valence-corrected chi connectivity index (χ0v) is 14.7. The minimum atomic E-state index is 0. The number of halogens is 1. The van der Waals surface area contributed by atoms with Crippen LogP contribution in [0.5, 0.6) is 0 Å². The highest BCUT2D eigenvalue weighted by Gasteiger charge is 2.34. The van der Waals surface area contributed by atoms with E-state index in [2.05, 4.69) is 31.9 Å². The summed E-state index contributed by atoms with van der Waals surface area (Å²) >= 11 is 6.01. The zero-order chi connectivity index (χ0) is 16.8. The summed E-state index contributed by atoms with van der Waals surface area (Å²) < 4.78 is 2.20. The number of piperazine rings is 1. The summed E-state index contributed by atoms with van der Waals surface area (Å²) in [6.07, 6.45) is 6.36. The Labute approximate surface area is 159 Å². The molecule has 1 N–H and O–H groups in total. The van der Waals surface area contributed by atoms with E-state index in [1.165, 1.54) is 18.5 Å². The van der Waals surface area contributed by atoms with Gasteiger partial charge in [0, 0.05) is 44.1 Å². The summed E-state index contributed by atoms with van der Waals surface area (Å²) in [6.45, 7) is 3.10. The van der Waals surface area contributed by atoms with Crippen LogP contribution in [0.15, 0.2) is 42.7 Å². The van der Waals surface area contributed by atoms with E-state index >= 15 is 0 Å². The fourth-order valence-electron chi connectivity index (χ4n) is 4.10. The second-order valence-electron chi connectivity index (χ2n) is 6.96. The number of nitrogens with one attached hydrogen (secondary N) is 1. The van der Waals surface area contributed by atoms with Gasteiger partial charge in [-0.05, 0) is 37.1 Å². The fourth-order valence-corrected chi connectivity index (χ4v) is 4.22. The fraction of sp³-hybridized carbons (Fsp3) is 0.400. The van der Waals surface area contributed by atoms with Crippen molar-refractivity contribution in [3.8, 4) is 11.4 Å². The zero-order valence-electron chi connectivity index (χ0n) is 13.9. The normalized spacial score (nSPS) is 22.5. The molecule has 0 aliphatic carbocycles. The predicted octanol–water partition coefficient (Wildman–Crippen LogP) is 3.62. The lowest BCUT2D eigenvalue weighted by Crippen LogP contribution is -2.60. The summed E-state index contributed by atoms with van der Waals surface area (Å²) in [5, 5.41) is 4.27.